The summed E-state index contributed by atoms with van der Waals surface area (Å²) in [6.45, 7) is 3.31. The van der Waals surface area contributed by atoms with Crippen molar-refractivity contribution in [3.8, 4) is 17.2 Å². The number of nitrogens with one attached hydrogen (secondary N) is 2. The van der Waals surface area contributed by atoms with Gasteiger partial charge in [0, 0.05) is 29.2 Å². The summed E-state index contributed by atoms with van der Waals surface area (Å²) < 4.78 is 11.2. The molecule has 0 aliphatic carbocycles. The number of aryl methyl sites for hydroxylation is 1. The van der Waals surface area contributed by atoms with Gasteiger partial charge in [0.2, 0.25) is 0 Å². The Balaban J connectivity index is 1.65. The second kappa shape index (κ2) is 6.05. The van der Waals surface area contributed by atoms with Crippen LogP contribution in [0.4, 0.5) is 5.69 Å². The van der Waals surface area contributed by atoms with Crippen LogP contribution in [0.1, 0.15) is 11.1 Å². The number of aromatic nitrogens is 1. The van der Waals surface area contributed by atoms with E-state index in [0.717, 1.165) is 22.2 Å². The fourth-order valence-electron chi connectivity index (χ4n) is 2.96. The smallest absolute Gasteiger partial charge is 0.253 e. The molecule has 25 heavy (non-hydrogen) atoms. The topological polar surface area (TPSA) is 83.6 Å². The number of phenolic OH excluding ortho intramolecular Hbond substituents is 1. The minimum Gasteiger partial charge on any atom is -0.508 e. The molecule has 3 N–H and O–H groups in total. The lowest BCUT2D eigenvalue weighted by Crippen LogP contribution is -2.17. The number of ether oxygens (including phenoxy) is 2. The first-order valence-electron chi connectivity index (χ1n) is 8.09. The quantitative estimate of drug-likeness (QED) is 0.640. The van der Waals surface area contributed by atoms with Crippen molar-refractivity contribution in [3.63, 3.8) is 0 Å². The maximum absolute atomic E-state index is 12.4. The largest absolute Gasteiger partial charge is 0.508 e. The number of fused-ring (bicyclic) bond motifs is 2. The standard InChI is InChI=1S/C19H18N2O4/c1-11-6-14(22)2-3-15(11)20-10-13-7-12-8-17-18(25-5-4-24-17)9-16(12)21-19(13)23/h2-3,6-9,20,22H,4-5,10H2,1H3,(H,21,23). The highest BCUT2D eigenvalue weighted by molar-refractivity contribution is 5.83. The molecule has 0 saturated carbocycles. The molecule has 1 aliphatic rings. The van der Waals surface area contributed by atoms with Crippen LogP contribution in [0.3, 0.4) is 0 Å². The Morgan fingerprint density at radius 1 is 1.12 bits per heavy atom. The van der Waals surface area contributed by atoms with E-state index in [2.05, 4.69) is 10.3 Å². The summed E-state index contributed by atoms with van der Waals surface area (Å²) in [5, 5.41) is 13.6. The summed E-state index contributed by atoms with van der Waals surface area (Å²) in [6.07, 6.45) is 0. The molecule has 0 radical (unpaired) electrons. The fraction of sp³-hybridized carbons (Fsp3) is 0.211. The van der Waals surface area contributed by atoms with Gasteiger partial charge in [0.15, 0.2) is 11.5 Å². The fourth-order valence-corrected chi connectivity index (χ4v) is 2.96. The van der Waals surface area contributed by atoms with Gasteiger partial charge in [-0.25, -0.2) is 0 Å². The summed E-state index contributed by atoms with van der Waals surface area (Å²) >= 11 is 0. The van der Waals surface area contributed by atoms with Crippen molar-refractivity contribution in [2.45, 2.75) is 13.5 Å². The monoisotopic (exact) mass is 338 g/mol. The molecule has 1 aliphatic heterocycles. The predicted molar refractivity (Wildman–Crippen MR) is 95.7 cm³/mol. The third-order valence-corrected chi connectivity index (χ3v) is 4.26. The van der Waals surface area contributed by atoms with E-state index in [1.54, 1.807) is 24.3 Å². The SMILES string of the molecule is Cc1cc(O)ccc1NCc1cc2cc3c(cc2[nH]c1=O)OCCO3. The molecular formula is C19H18N2O4. The van der Waals surface area contributed by atoms with Gasteiger partial charge in [-0.3, -0.25) is 4.79 Å². The lowest BCUT2D eigenvalue weighted by molar-refractivity contribution is 0.172. The van der Waals surface area contributed by atoms with Crippen molar-refractivity contribution in [2.24, 2.45) is 0 Å². The first-order valence-corrected chi connectivity index (χ1v) is 8.09. The normalized spacial score (nSPS) is 13.0. The van der Waals surface area contributed by atoms with E-state index in [0.29, 0.717) is 36.8 Å². The number of hydrogen-bond acceptors (Lipinski definition) is 5. The zero-order valence-corrected chi connectivity index (χ0v) is 13.8. The number of hydrogen-bond donors (Lipinski definition) is 3. The van der Waals surface area contributed by atoms with Crippen molar-refractivity contribution in [3.05, 3.63) is 57.9 Å². The van der Waals surface area contributed by atoms with Gasteiger partial charge in [0.05, 0.1) is 5.52 Å². The Labute approximate surface area is 144 Å². The number of rotatable bonds is 3. The van der Waals surface area contributed by atoms with Crippen molar-refractivity contribution in [2.75, 3.05) is 18.5 Å². The van der Waals surface area contributed by atoms with E-state index in [1.165, 1.54) is 0 Å². The van der Waals surface area contributed by atoms with Crippen molar-refractivity contribution in [1.29, 1.82) is 0 Å². The number of aromatic amines is 1. The highest BCUT2D eigenvalue weighted by atomic mass is 16.6. The Bertz CT molecular complexity index is 1010. The van der Waals surface area contributed by atoms with E-state index < -0.39 is 0 Å². The molecule has 0 spiro atoms. The molecule has 0 amide bonds. The summed E-state index contributed by atoms with van der Waals surface area (Å²) in [5.74, 6) is 1.57. The van der Waals surface area contributed by atoms with Crippen LogP contribution in [0.25, 0.3) is 10.9 Å². The van der Waals surface area contributed by atoms with E-state index >= 15 is 0 Å². The maximum Gasteiger partial charge on any atom is 0.253 e. The zero-order chi connectivity index (χ0) is 17.4. The van der Waals surface area contributed by atoms with Crippen molar-refractivity contribution < 1.29 is 14.6 Å². The minimum atomic E-state index is -0.145. The van der Waals surface area contributed by atoms with Crippen LogP contribution in [0, 0.1) is 6.92 Å². The molecule has 1 aromatic heterocycles. The highest BCUT2D eigenvalue weighted by Gasteiger charge is 2.14. The van der Waals surface area contributed by atoms with E-state index in [-0.39, 0.29) is 11.3 Å². The van der Waals surface area contributed by atoms with Gasteiger partial charge in [-0.2, -0.15) is 0 Å². The second-order valence-corrected chi connectivity index (χ2v) is 6.06. The summed E-state index contributed by atoms with van der Waals surface area (Å²) in [6, 6.07) is 10.6. The minimum absolute atomic E-state index is 0.145. The number of benzene rings is 2. The third-order valence-electron chi connectivity index (χ3n) is 4.26. The van der Waals surface area contributed by atoms with Crippen LogP contribution in [-0.4, -0.2) is 23.3 Å². The van der Waals surface area contributed by atoms with Crippen molar-refractivity contribution in [1.82, 2.24) is 4.98 Å². The lowest BCUT2D eigenvalue weighted by atomic mass is 10.1. The summed E-state index contributed by atoms with van der Waals surface area (Å²) in [4.78, 5) is 15.3. The van der Waals surface area contributed by atoms with Gasteiger partial charge < -0.3 is 24.9 Å². The molecule has 6 heteroatoms. The highest BCUT2D eigenvalue weighted by Crippen LogP contribution is 2.33. The molecule has 4 rings (SSSR count). The molecule has 2 heterocycles. The van der Waals surface area contributed by atoms with Crippen LogP contribution in [-0.2, 0) is 6.54 Å². The molecule has 0 unspecified atom stereocenters. The number of anilines is 1. The average Bonchev–Trinajstić information content (AvgIpc) is 2.59. The Kier molecular flexibility index (Phi) is 3.72. The summed E-state index contributed by atoms with van der Waals surface area (Å²) in [5.41, 5.74) is 2.99. The van der Waals surface area contributed by atoms with Crippen LogP contribution >= 0.6 is 0 Å². The second-order valence-electron chi connectivity index (χ2n) is 6.06. The first kappa shape index (κ1) is 15.4. The van der Waals surface area contributed by atoms with Gasteiger partial charge in [-0.1, -0.05) is 0 Å². The molecule has 0 saturated heterocycles. The number of H-pyrrole nitrogens is 1. The molecule has 0 fully saturated rings. The average molecular weight is 338 g/mol. The van der Waals surface area contributed by atoms with Gasteiger partial charge in [0.1, 0.15) is 19.0 Å². The lowest BCUT2D eigenvalue weighted by Gasteiger charge is -2.19. The summed E-state index contributed by atoms with van der Waals surface area (Å²) in [7, 11) is 0. The third kappa shape index (κ3) is 2.98. The van der Waals surface area contributed by atoms with Crippen molar-refractivity contribution >= 4 is 16.6 Å². The van der Waals surface area contributed by atoms with E-state index in [1.807, 2.05) is 19.1 Å². The van der Waals surface area contributed by atoms with Gasteiger partial charge in [-0.15, -0.1) is 0 Å². The van der Waals surface area contributed by atoms with E-state index in [9.17, 15) is 9.90 Å². The Hall–Kier alpha value is -3.15. The van der Waals surface area contributed by atoms with Crippen LogP contribution < -0.4 is 20.3 Å². The van der Waals surface area contributed by atoms with Gasteiger partial charge >= 0.3 is 0 Å². The molecule has 3 aromatic rings. The van der Waals surface area contributed by atoms with Crippen LogP contribution in [0.5, 0.6) is 17.2 Å². The maximum atomic E-state index is 12.4. The van der Waals surface area contributed by atoms with Gasteiger partial charge in [-0.05, 0) is 42.8 Å². The molecular weight excluding hydrogens is 320 g/mol. The Morgan fingerprint density at radius 3 is 2.64 bits per heavy atom. The van der Waals surface area contributed by atoms with Crippen LogP contribution in [0.2, 0.25) is 0 Å². The number of phenols is 1. The van der Waals surface area contributed by atoms with Crippen LogP contribution in [0.15, 0.2) is 41.2 Å². The first-order chi connectivity index (χ1) is 12.1. The molecule has 2 aromatic carbocycles. The molecule has 0 atom stereocenters. The predicted octanol–water partition coefficient (Wildman–Crippen LogP) is 2.93. The molecule has 6 nitrogen and oxygen atoms in total. The molecule has 0 bridgehead atoms. The number of aromatic hydroxyl groups is 1. The Morgan fingerprint density at radius 2 is 1.88 bits per heavy atom. The molecule has 128 valence electrons. The van der Waals surface area contributed by atoms with E-state index in [4.69, 9.17) is 9.47 Å². The zero-order valence-electron chi connectivity index (χ0n) is 13.8. The number of pyridine rings is 1. The van der Waals surface area contributed by atoms with Gasteiger partial charge in [0.25, 0.3) is 5.56 Å².